The minimum atomic E-state index is -1.41. The molecular weight excluding hydrogens is 432 g/mol. The Morgan fingerprint density at radius 3 is 2.36 bits per heavy atom. The van der Waals surface area contributed by atoms with Crippen LogP contribution in [0.4, 0.5) is 16.2 Å². The third kappa shape index (κ3) is 5.22. The molecule has 3 amide bonds. The predicted octanol–water partition coefficient (Wildman–Crippen LogP) is 1.65. The fourth-order valence-corrected chi connectivity index (χ4v) is 3.46. The summed E-state index contributed by atoms with van der Waals surface area (Å²) in [6.45, 7) is -0.295. The molecule has 4 atom stereocenters. The van der Waals surface area contributed by atoms with E-state index in [0.29, 0.717) is 11.4 Å². The molecule has 2 aromatic rings. The highest BCUT2D eigenvalue weighted by atomic mass is 16.6. The average Bonchev–Trinajstić information content (AvgIpc) is 3.10. The summed E-state index contributed by atoms with van der Waals surface area (Å²) in [5.74, 6) is -1.08. The van der Waals surface area contributed by atoms with Gasteiger partial charge in [-0.25, -0.2) is 9.59 Å². The maximum Gasteiger partial charge on any atom is 0.338 e. The van der Waals surface area contributed by atoms with Gasteiger partial charge in [-0.1, -0.05) is 18.2 Å². The lowest BCUT2D eigenvalue weighted by atomic mass is 10.1. The smallest absolute Gasteiger partial charge is 0.338 e. The van der Waals surface area contributed by atoms with E-state index in [-0.39, 0.29) is 25.1 Å². The number of urea groups is 1. The molecule has 0 unspecified atom stereocenters. The van der Waals surface area contributed by atoms with Crippen LogP contribution in [0.3, 0.4) is 0 Å². The van der Waals surface area contributed by atoms with Crippen molar-refractivity contribution in [3.8, 4) is 0 Å². The number of amides is 3. The zero-order valence-corrected chi connectivity index (χ0v) is 17.4. The zero-order chi connectivity index (χ0) is 23.4. The summed E-state index contributed by atoms with van der Waals surface area (Å²) < 4.78 is 10.8. The van der Waals surface area contributed by atoms with Crippen molar-refractivity contribution in [2.75, 3.05) is 13.2 Å². The summed E-state index contributed by atoms with van der Waals surface area (Å²) in [4.78, 5) is 36.8. The van der Waals surface area contributed by atoms with Crippen LogP contribution in [0.2, 0.25) is 0 Å². The highest BCUT2D eigenvalue weighted by Crippen LogP contribution is 2.26. The Balaban J connectivity index is 1.31. The number of esters is 1. The van der Waals surface area contributed by atoms with Crippen molar-refractivity contribution in [3.05, 3.63) is 60.2 Å². The summed E-state index contributed by atoms with van der Waals surface area (Å²) in [6.07, 6.45) is -4.95. The van der Waals surface area contributed by atoms with Crippen LogP contribution < -0.4 is 5.32 Å². The van der Waals surface area contributed by atoms with E-state index in [9.17, 15) is 24.6 Å². The second kappa shape index (κ2) is 9.86. The number of ether oxygens (including phenoxy) is 2. The van der Waals surface area contributed by atoms with Crippen LogP contribution in [0.5, 0.6) is 0 Å². The molecule has 11 heteroatoms. The molecule has 0 spiro atoms. The molecule has 0 saturated carbocycles. The SMILES string of the molecule is O=C1CCN([C@@H]2O[C@H](COC(=O)c3ccc(N=Nc4ccccc4)cc3)[C@@H](O)[C@H]2O)C(=O)N1. The minimum Gasteiger partial charge on any atom is -0.459 e. The molecule has 0 aliphatic carbocycles. The standard InChI is InChI=1S/C22H22N4O7/c27-17-10-11-26(22(31)23-17)20-19(29)18(28)16(33-20)12-32-21(30)13-6-8-15(9-7-13)25-24-14-4-2-1-3-5-14/h1-9,16,18-20,28-29H,10-12H2,(H,23,27,31)/t16-,18-,19-,20-/m1/s1. The van der Waals surface area contributed by atoms with Crippen molar-refractivity contribution in [2.24, 2.45) is 10.2 Å². The lowest BCUT2D eigenvalue weighted by molar-refractivity contribution is -0.125. The van der Waals surface area contributed by atoms with Crippen LogP contribution >= 0.6 is 0 Å². The normalized spacial score (nSPS) is 25.3. The summed E-state index contributed by atoms with van der Waals surface area (Å²) in [6, 6.07) is 14.8. The van der Waals surface area contributed by atoms with Crippen molar-refractivity contribution in [3.63, 3.8) is 0 Å². The van der Waals surface area contributed by atoms with Gasteiger partial charge in [-0.05, 0) is 36.4 Å². The number of azo groups is 1. The third-order valence-corrected chi connectivity index (χ3v) is 5.25. The van der Waals surface area contributed by atoms with Gasteiger partial charge in [0.2, 0.25) is 5.91 Å². The Labute approximate surface area is 188 Å². The van der Waals surface area contributed by atoms with E-state index in [1.165, 1.54) is 12.1 Å². The summed E-state index contributed by atoms with van der Waals surface area (Å²) in [7, 11) is 0. The van der Waals surface area contributed by atoms with Gasteiger partial charge in [0.15, 0.2) is 6.23 Å². The van der Waals surface area contributed by atoms with Crippen molar-refractivity contribution >= 4 is 29.3 Å². The van der Waals surface area contributed by atoms with Gasteiger partial charge in [0.1, 0.15) is 24.9 Å². The number of aliphatic hydroxyl groups excluding tert-OH is 2. The molecule has 33 heavy (non-hydrogen) atoms. The van der Waals surface area contributed by atoms with E-state index < -0.39 is 42.4 Å². The van der Waals surface area contributed by atoms with E-state index >= 15 is 0 Å². The number of aliphatic hydroxyl groups is 2. The molecule has 0 aromatic heterocycles. The monoisotopic (exact) mass is 454 g/mol. The number of imide groups is 1. The third-order valence-electron chi connectivity index (χ3n) is 5.25. The first-order chi connectivity index (χ1) is 15.9. The fourth-order valence-electron chi connectivity index (χ4n) is 3.46. The average molecular weight is 454 g/mol. The number of hydrogen-bond donors (Lipinski definition) is 3. The van der Waals surface area contributed by atoms with E-state index in [2.05, 4.69) is 15.5 Å². The molecule has 2 aliphatic heterocycles. The number of benzene rings is 2. The van der Waals surface area contributed by atoms with Crippen molar-refractivity contribution in [1.82, 2.24) is 10.2 Å². The molecule has 4 rings (SSSR count). The summed E-state index contributed by atoms with van der Waals surface area (Å²) >= 11 is 0. The van der Waals surface area contributed by atoms with Crippen LogP contribution in [0.1, 0.15) is 16.8 Å². The van der Waals surface area contributed by atoms with Gasteiger partial charge in [0.25, 0.3) is 0 Å². The zero-order valence-electron chi connectivity index (χ0n) is 17.4. The Kier molecular flexibility index (Phi) is 6.73. The van der Waals surface area contributed by atoms with E-state index in [1.807, 2.05) is 30.3 Å². The quantitative estimate of drug-likeness (QED) is 0.444. The first-order valence-corrected chi connectivity index (χ1v) is 10.3. The lowest BCUT2D eigenvalue weighted by Crippen LogP contribution is -2.56. The molecule has 172 valence electrons. The van der Waals surface area contributed by atoms with Crippen molar-refractivity contribution in [2.45, 2.75) is 31.0 Å². The molecule has 2 fully saturated rings. The number of carbonyl (C=O) groups is 3. The molecule has 0 radical (unpaired) electrons. The van der Waals surface area contributed by atoms with Gasteiger partial charge in [-0.2, -0.15) is 10.2 Å². The Hall–Kier alpha value is -3.67. The Morgan fingerprint density at radius 2 is 1.70 bits per heavy atom. The Bertz CT molecular complexity index is 1040. The first-order valence-electron chi connectivity index (χ1n) is 10.3. The highest BCUT2D eigenvalue weighted by molar-refractivity contribution is 5.96. The molecule has 0 bridgehead atoms. The van der Waals surface area contributed by atoms with Gasteiger partial charge < -0.3 is 19.7 Å². The highest BCUT2D eigenvalue weighted by Gasteiger charge is 2.48. The van der Waals surface area contributed by atoms with Gasteiger partial charge in [-0.15, -0.1) is 0 Å². The van der Waals surface area contributed by atoms with Crippen LogP contribution in [0.25, 0.3) is 0 Å². The van der Waals surface area contributed by atoms with Gasteiger partial charge >= 0.3 is 12.0 Å². The molecule has 2 aliphatic rings. The minimum absolute atomic E-state index is 0.0413. The maximum atomic E-state index is 12.4. The lowest BCUT2D eigenvalue weighted by Gasteiger charge is -2.32. The number of nitrogens with one attached hydrogen (secondary N) is 1. The van der Waals surface area contributed by atoms with Gasteiger partial charge in [0, 0.05) is 13.0 Å². The second-order valence-corrected chi connectivity index (χ2v) is 7.52. The summed E-state index contributed by atoms with van der Waals surface area (Å²) in [5.41, 5.74) is 1.51. The number of carbonyl (C=O) groups excluding carboxylic acids is 3. The second-order valence-electron chi connectivity index (χ2n) is 7.52. The number of nitrogens with zero attached hydrogens (tertiary/aromatic N) is 3. The fraction of sp³-hybridized carbons (Fsp3) is 0.318. The van der Waals surface area contributed by atoms with E-state index in [0.717, 1.165) is 4.90 Å². The molecule has 2 saturated heterocycles. The van der Waals surface area contributed by atoms with Crippen molar-refractivity contribution < 1.29 is 34.1 Å². The van der Waals surface area contributed by atoms with Crippen LogP contribution in [0.15, 0.2) is 64.8 Å². The topological polar surface area (TPSA) is 150 Å². The van der Waals surface area contributed by atoms with Gasteiger partial charge in [-0.3, -0.25) is 15.0 Å². The summed E-state index contributed by atoms with van der Waals surface area (Å²) in [5, 5.41) is 30.9. The van der Waals surface area contributed by atoms with Gasteiger partial charge in [0.05, 0.1) is 16.9 Å². The molecule has 2 aromatic carbocycles. The van der Waals surface area contributed by atoms with Crippen LogP contribution in [-0.4, -0.2) is 70.7 Å². The maximum absolute atomic E-state index is 12.4. The van der Waals surface area contributed by atoms with Crippen LogP contribution in [0, 0.1) is 0 Å². The number of hydrogen-bond acceptors (Lipinski definition) is 9. The van der Waals surface area contributed by atoms with E-state index in [1.54, 1.807) is 12.1 Å². The Morgan fingerprint density at radius 1 is 1.03 bits per heavy atom. The first kappa shape index (κ1) is 22.5. The molecule has 11 nitrogen and oxygen atoms in total. The van der Waals surface area contributed by atoms with Crippen LogP contribution in [-0.2, 0) is 14.3 Å². The number of rotatable bonds is 6. The largest absolute Gasteiger partial charge is 0.459 e. The molecular formula is C22H22N4O7. The predicted molar refractivity (Wildman–Crippen MR) is 113 cm³/mol. The van der Waals surface area contributed by atoms with E-state index in [4.69, 9.17) is 9.47 Å². The van der Waals surface area contributed by atoms with Crippen molar-refractivity contribution in [1.29, 1.82) is 0 Å². The molecule has 2 heterocycles. The molecule has 3 N–H and O–H groups in total.